The molecule has 11 nitrogen and oxygen atoms in total. The topological polar surface area (TPSA) is 140 Å². The van der Waals surface area contributed by atoms with Crippen molar-refractivity contribution in [3.8, 4) is 0 Å². The Kier molecular flexibility index (Phi) is 15.4. The quantitative estimate of drug-likeness (QED) is 0.0695. The van der Waals surface area contributed by atoms with Crippen molar-refractivity contribution in [2.24, 2.45) is 28.6 Å². The van der Waals surface area contributed by atoms with Crippen LogP contribution in [0.1, 0.15) is 189 Å². The van der Waals surface area contributed by atoms with E-state index in [1.165, 1.54) is 127 Å². The van der Waals surface area contributed by atoms with Crippen molar-refractivity contribution < 1.29 is 14.9 Å². The summed E-state index contributed by atoms with van der Waals surface area (Å²) in [6.07, 6.45) is 42.9. The zero-order valence-corrected chi connectivity index (χ0v) is 49.9. The molecule has 5 aromatic rings. The lowest BCUT2D eigenvalue weighted by Crippen LogP contribution is -2.78. The Morgan fingerprint density at radius 3 is 2.07 bits per heavy atom. The van der Waals surface area contributed by atoms with Crippen LogP contribution in [0.2, 0.25) is 0 Å². The molecule has 15 atom stereocenters. The largest absolute Gasteiger partial charge is 0.390 e. The lowest BCUT2D eigenvalue weighted by Gasteiger charge is -2.68. The fourth-order valence-electron chi connectivity index (χ4n) is 20.6. The highest BCUT2D eigenvalue weighted by molar-refractivity contribution is 6.08. The van der Waals surface area contributed by atoms with Gasteiger partial charge in [0, 0.05) is 112 Å². The van der Waals surface area contributed by atoms with E-state index in [9.17, 15) is 10.2 Å². The Hall–Kier alpha value is -4.33. The molecule has 2 saturated carbocycles. The predicted octanol–water partition coefficient (Wildman–Crippen LogP) is 13.0. The van der Waals surface area contributed by atoms with E-state index in [-0.39, 0.29) is 70.4 Å². The molecule has 15 unspecified atom stereocenters. The van der Waals surface area contributed by atoms with Crippen LogP contribution in [-0.2, 0) is 11.2 Å². The molecule has 444 valence electrons. The number of ether oxygens (including phenoxy) is 1. The minimum Gasteiger partial charge on any atom is -0.390 e. The normalized spacial score (nSPS) is 39.4. The first kappa shape index (κ1) is 55.3. The molecule has 0 radical (unpaired) electrons. The molecule has 8 aliphatic heterocycles. The summed E-state index contributed by atoms with van der Waals surface area (Å²) in [5, 5.41) is 45.2. The van der Waals surface area contributed by atoms with Crippen LogP contribution >= 0.6 is 0 Å². The minimum absolute atomic E-state index is 0.0297. The molecule has 11 heterocycles. The average Bonchev–Trinajstić information content (AvgIpc) is 1.66. The van der Waals surface area contributed by atoms with Gasteiger partial charge in [-0.25, -0.2) is 0 Å². The van der Waals surface area contributed by atoms with Gasteiger partial charge in [-0.2, -0.15) is 0 Å². The number of nitrogens with one attached hydrogen (secondary N) is 5. The second kappa shape index (κ2) is 23.1. The Morgan fingerprint density at radius 1 is 0.602 bits per heavy atom. The third-order valence-electron chi connectivity index (χ3n) is 24.1. The van der Waals surface area contributed by atoms with Gasteiger partial charge >= 0.3 is 0 Å². The maximum Gasteiger partial charge on any atom is 0.111 e. The van der Waals surface area contributed by atoms with Crippen molar-refractivity contribution in [2.45, 2.75) is 220 Å². The van der Waals surface area contributed by atoms with Crippen LogP contribution in [0.5, 0.6) is 0 Å². The number of rotatable bonds is 3. The van der Waals surface area contributed by atoms with Gasteiger partial charge in [0.2, 0.25) is 0 Å². The van der Waals surface area contributed by atoms with E-state index in [1.54, 1.807) is 5.57 Å². The number of aromatic nitrogens is 3. The summed E-state index contributed by atoms with van der Waals surface area (Å²) in [5.41, 5.74) is 6.91. The highest BCUT2D eigenvalue weighted by Crippen LogP contribution is 2.70. The summed E-state index contributed by atoms with van der Waals surface area (Å²) in [6.45, 7) is 6.75. The highest BCUT2D eigenvalue weighted by atomic mass is 16.6. The average molecular weight is 1120 g/mol. The Labute approximate surface area is 494 Å². The molecule has 7 N–H and O–H groups in total. The van der Waals surface area contributed by atoms with Crippen LogP contribution in [0.4, 0.5) is 0 Å². The summed E-state index contributed by atoms with van der Waals surface area (Å²) in [5.74, 6) is 0.0360. The first-order valence-electron chi connectivity index (χ1n) is 34.1. The van der Waals surface area contributed by atoms with Crippen LogP contribution in [0.3, 0.4) is 0 Å². The van der Waals surface area contributed by atoms with Gasteiger partial charge < -0.3 is 45.8 Å². The van der Waals surface area contributed by atoms with Crippen molar-refractivity contribution in [1.82, 2.24) is 40.7 Å². The number of nitrogens with zero attached hydrogens (tertiary/aromatic N) is 3. The molecule has 0 amide bonds. The number of para-hydroxylation sites is 2. The lowest BCUT2D eigenvalue weighted by atomic mass is 9.45. The smallest absolute Gasteiger partial charge is 0.111 e. The molecule has 2 aromatic carbocycles. The number of pyridine rings is 1. The van der Waals surface area contributed by atoms with Crippen LogP contribution in [0.25, 0.3) is 32.7 Å². The maximum atomic E-state index is 14.3. The van der Waals surface area contributed by atoms with E-state index in [2.05, 4.69) is 127 Å². The first-order chi connectivity index (χ1) is 40.9. The van der Waals surface area contributed by atoms with Gasteiger partial charge in [0.1, 0.15) is 11.2 Å². The van der Waals surface area contributed by atoms with Gasteiger partial charge in [0.25, 0.3) is 0 Å². The Morgan fingerprint density at radius 2 is 1.28 bits per heavy atom. The fourth-order valence-corrected chi connectivity index (χ4v) is 20.6. The number of fused-ring (bicyclic) bond motifs is 8. The number of benzene rings is 2. The number of hydrogen-bond acceptors (Lipinski definition) is 9. The van der Waals surface area contributed by atoms with Crippen LogP contribution in [0, 0.1) is 28.6 Å². The minimum atomic E-state index is -1.31. The molecule has 2 aliphatic carbocycles. The maximum absolute atomic E-state index is 14.3. The van der Waals surface area contributed by atoms with Gasteiger partial charge in [-0.3, -0.25) is 9.88 Å². The van der Waals surface area contributed by atoms with E-state index >= 15 is 0 Å². The van der Waals surface area contributed by atoms with Crippen molar-refractivity contribution in [3.05, 3.63) is 114 Å². The molecule has 10 aliphatic rings. The van der Waals surface area contributed by atoms with E-state index in [0.717, 1.165) is 129 Å². The molecular formula is C72H98N8O3. The summed E-state index contributed by atoms with van der Waals surface area (Å²) in [7, 11) is 0. The van der Waals surface area contributed by atoms with Gasteiger partial charge in [0.15, 0.2) is 0 Å². The molecule has 11 heteroatoms. The molecule has 3 aromatic heterocycles. The van der Waals surface area contributed by atoms with Crippen molar-refractivity contribution in [3.63, 3.8) is 0 Å². The summed E-state index contributed by atoms with van der Waals surface area (Å²) >= 11 is 0. The zero-order chi connectivity index (χ0) is 55.6. The van der Waals surface area contributed by atoms with Crippen molar-refractivity contribution >= 4 is 32.7 Å². The van der Waals surface area contributed by atoms with Crippen molar-refractivity contribution in [1.29, 1.82) is 0 Å². The summed E-state index contributed by atoms with van der Waals surface area (Å²) in [4.78, 5) is 19.7. The molecular weight excluding hydrogens is 1020 g/mol. The number of aliphatic hydroxyl groups excluding tert-OH is 1. The van der Waals surface area contributed by atoms with E-state index in [4.69, 9.17) is 9.72 Å². The van der Waals surface area contributed by atoms with Gasteiger partial charge in [-0.1, -0.05) is 125 Å². The molecule has 83 heavy (non-hydrogen) atoms. The van der Waals surface area contributed by atoms with E-state index in [1.807, 2.05) is 0 Å². The Balaban J connectivity index is 0.969. The molecule has 6 bridgehead atoms. The van der Waals surface area contributed by atoms with Gasteiger partial charge in [-0.15, -0.1) is 0 Å². The molecule has 4 saturated heterocycles. The second-order valence-corrected chi connectivity index (χ2v) is 28.5. The van der Waals surface area contributed by atoms with Crippen LogP contribution in [0.15, 0.2) is 96.9 Å². The lowest BCUT2D eigenvalue weighted by molar-refractivity contribution is -0.239. The number of hydrogen-bond donors (Lipinski definition) is 7. The number of aliphatic hydroxyl groups is 2. The standard InChI is InChI=1S/C72H98N8O3/c81-65-58(63-61-51(33-41-73-63)49-29-17-19-31-55(49)77-61)54-45-57(80-44-28-16-8-3-11-23-37-71(65,82)67-69(54,48-80)35-21-9-1-5-13-25-39-75-67)53-46-79-43-27-15-7-4-12-24-38-72-66(83-72)59(64-62-52(34-42-74-64)50-30-18-20-32-56(50)78-62)60(53)70(47-79)36-22-10-2-6-14-26-40-76-68(70)72/h1-2,9-10,17-20,29-32,34,42,46,54,57-60,63,65-68,73,75-78,81-82H,3-8,11-16,21-28,33,35-41,43-45,47-48H2. The fraction of sp³-hybridized carbons (Fsp3) is 0.653. The number of allylic oxidation sites excluding steroid dienone is 4. The van der Waals surface area contributed by atoms with Crippen LogP contribution in [-0.4, -0.2) is 122 Å². The van der Waals surface area contributed by atoms with Crippen molar-refractivity contribution in [2.75, 3.05) is 45.8 Å². The zero-order valence-electron chi connectivity index (χ0n) is 49.9. The summed E-state index contributed by atoms with van der Waals surface area (Å²) in [6, 6.07) is 20.0. The Bertz CT molecular complexity index is 3200. The van der Waals surface area contributed by atoms with Gasteiger partial charge in [0.05, 0.1) is 29.5 Å². The third kappa shape index (κ3) is 9.47. The number of piperidine rings is 1. The molecule has 15 rings (SSSR count). The number of H-pyrrole nitrogens is 2. The first-order valence-corrected chi connectivity index (χ1v) is 34.1. The SMILES string of the molecule is OC1C(C2NCCc3c2[nH]c2ccccc32)C2CC(C3=CN4CCCCCCCCC56OC5C(c5nccc7c5[nH]c5ccccc57)C3C3(CCC=CCCCCNC36)C4)N3CCCCCCCCC1(O)C1NCCCCC=CCCC21C3. The van der Waals surface area contributed by atoms with Gasteiger partial charge in [-0.05, 0) is 164 Å². The number of aromatic amines is 2. The molecule has 6 fully saturated rings. The van der Waals surface area contributed by atoms with E-state index in [0.29, 0.717) is 6.42 Å². The summed E-state index contributed by atoms with van der Waals surface area (Å²) < 4.78 is 7.87. The highest BCUT2D eigenvalue weighted by Gasteiger charge is 2.77. The molecule has 3 spiro atoms. The van der Waals surface area contributed by atoms with E-state index < -0.39 is 11.7 Å². The van der Waals surface area contributed by atoms with Crippen LogP contribution < -0.4 is 16.0 Å². The number of epoxide rings is 1. The second-order valence-electron chi connectivity index (χ2n) is 28.5. The third-order valence-corrected chi connectivity index (χ3v) is 24.1. The monoisotopic (exact) mass is 1120 g/mol. The predicted molar refractivity (Wildman–Crippen MR) is 335 cm³/mol.